The van der Waals surface area contributed by atoms with Crippen molar-refractivity contribution in [3.63, 3.8) is 0 Å². The molecule has 0 amide bonds. The van der Waals surface area contributed by atoms with Gasteiger partial charge in [-0.25, -0.2) is 0 Å². The van der Waals surface area contributed by atoms with E-state index in [1.54, 1.807) is 0 Å². The van der Waals surface area contributed by atoms with Gasteiger partial charge < -0.3 is 10.4 Å². The second-order valence-corrected chi connectivity index (χ2v) is 3.02. The van der Waals surface area contributed by atoms with Crippen molar-refractivity contribution in [1.29, 1.82) is 0 Å². The highest BCUT2D eigenvalue weighted by Gasteiger charge is 2.06. The maximum Gasteiger partial charge on any atom is 0.0626 e. The van der Waals surface area contributed by atoms with E-state index in [4.69, 9.17) is 16.7 Å². The van der Waals surface area contributed by atoms with E-state index in [0.29, 0.717) is 5.02 Å². The smallest absolute Gasteiger partial charge is 0.0626 e. The fraction of sp³-hybridized carbons (Fsp3) is 0.333. The summed E-state index contributed by atoms with van der Waals surface area (Å²) >= 11 is 5.79. The number of rotatable bonds is 3. The lowest BCUT2D eigenvalue weighted by atomic mass is 10.1. The standard InChI is InChI=1S/C9H12ClNO/c1-11-9(6-12)7-3-2-4-8(10)5-7/h2-5,9,11-12H,6H2,1H3/t9-/m0/s1. The minimum atomic E-state index is -0.0244. The van der Waals surface area contributed by atoms with Gasteiger partial charge in [0, 0.05) is 5.02 Å². The number of benzene rings is 1. The van der Waals surface area contributed by atoms with Crippen LogP contribution in [0.4, 0.5) is 0 Å². The van der Waals surface area contributed by atoms with Gasteiger partial charge in [0.25, 0.3) is 0 Å². The van der Waals surface area contributed by atoms with Crippen LogP contribution in [0.3, 0.4) is 0 Å². The molecule has 0 radical (unpaired) electrons. The molecular formula is C9H12ClNO. The fourth-order valence-electron chi connectivity index (χ4n) is 1.09. The molecule has 1 aromatic carbocycles. The second-order valence-electron chi connectivity index (χ2n) is 2.58. The number of likely N-dealkylation sites (N-methyl/N-ethyl adjacent to an activating group) is 1. The number of hydrogen-bond acceptors (Lipinski definition) is 2. The number of aliphatic hydroxyl groups excluding tert-OH is 1. The molecule has 2 N–H and O–H groups in total. The van der Waals surface area contributed by atoms with Crippen LogP contribution in [0, 0.1) is 0 Å². The SMILES string of the molecule is CN[C@@H](CO)c1cccc(Cl)c1. The van der Waals surface area contributed by atoms with E-state index in [-0.39, 0.29) is 12.6 Å². The Bertz CT molecular complexity index is 248. The Morgan fingerprint density at radius 2 is 2.33 bits per heavy atom. The van der Waals surface area contributed by atoms with Crippen molar-refractivity contribution in [2.45, 2.75) is 6.04 Å². The molecule has 0 heterocycles. The van der Waals surface area contributed by atoms with Crippen molar-refractivity contribution >= 4 is 11.6 Å². The summed E-state index contributed by atoms with van der Waals surface area (Å²) in [6.45, 7) is 0.0802. The topological polar surface area (TPSA) is 32.3 Å². The van der Waals surface area contributed by atoms with E-state index < -0.39 is 0 Å². The predicted octanol–water partition coefficient (Wildman–Crippen LogP) is 1.59. The van der Waals surface area contributed by atoms with Crippen molar-refractivity contribution in [2.24, 2.45) is 0 Å². The summed E-state index contributed by atoms with van der Waals surface area (Å²) in [5.74, 6) is 0. The highest BCUT2D eigenvalue weighted by Crippen LogP contribution is 2.16. The molecule has 0 aromatic heterocycles. The van der Waals surface area contributed by atoms with Gasteiger partial charge in [0.2, 0.25) is 0 Å². The summed E-state index contributed by atoms with van der Waals surface area (Å²) < 4.78 is 0. The van der Waals surface area contributed by atoms with Gasteiger partial charge in [-0.1, -0.05) is 23.7 Å². The maximum atomic E-state index is 8.96. The van der Waals surface area contributed by atoms with E-state index in [0.717, 1.165) is 5.56 Å². The molecule has 0 unspecified atom stereocenters. The molecule has 0 spiro atoms. The van der Waals surface area contributed by atoms with Gasteiger partial charge in [-0.05, 0) is 24.7 Å². The fourth-order valence-corrected chi connectivity index (χ4v) is 1.29. The van der Waals surface area contributed by atoms with Gasteiger partial charge in [0.1, 0.15) is 0 Å². The summed E-state index contributed by atoms with van der Waals surface area (Å²) in [4.78, 5) is 0. The van der Waals surface area contributed by atoms with Gasteiger partial charge in [0.15, 0.2) is 0 Å². The summed E-state index contributed by atoms with van der Waals surface area (Å²) in [7, 11) is 1.81. The Morgan fingerprint density at radius 3 is 2.83 bits per heavy atom. The van der Waals surface area contributed by atoms with Crippen LogP contribution in [0.2, 0.25) is 5.02 Å². The molecule has 0 aliphatic rings. The molecule has 1 atom stereocenters. The Hall–Kier alpha value is -0.570. The Balaban J connectivity index is 2.85. The third kappa shape index (κ3) is 2.21. The van der Waals surface area contributed by atoms with Gasteiger partial charge in [0.05, 0.1) is 12.6 Å². The third-order valence-corrected chi connectivity index (χ3v) is 2.02. The number of nitrogens with one attached hydrogen (secondary N) is 1. The molecule has 0 saturated heterocycles. The van der Waals surface area contributed by atoms with Crippen LogP contribution in [-0.4, -0.2) is 18.8 Å². The number of aliphatic hydroxyl groups is 1. The number of halogens is 1. The molecule has 0 fully saturated rings. The van der Waals surface area contributed by atoms with Crippen molar-refractivity contribution in [3.05, 3.63) is 34.9 Å². The van der Waals surface area contributed by atoms with Crippen molar-refractivity contribution < 1.29 is 5.11 Å². The lowest BCUT2D eigenvalue weighted by molar-refractivity contribution is 0.251. The van der Waals surface area contributed by atoms with E-state index >= 15 is 0 Å². The normalized spacial score (nSPS) is 12.9. The van der Waals surface area contributed by atoms with Crippen molar-refractivity contribution in [3.8, 4) is 0 Å². The van der Waals surface area contributed by atoms with Crippen LogP contribution in [0.5, 0.6) is 0 Å². The Morgan fingerprint density at radius 1 is 1.58 bits per heavy atom. The molecular weight excluding hydrogens is 174 g/mol. The van der Waals surface area contributed by atoms with E-state index in [1.165, 1.54) is 0 Å². The summed E-state index contributed by atoms with van der Waals surface area (Å²) in [5.41, 5.74) is 1.01. The average Bonchev–Trinajstić information content (AvgIpc) is 2.07. The first-order valence-electron chi connectivity index (χ1n) is 3.81. The molecule has 12 heavy (non-hydrogen) atoms. The molecule has 2 nitrogen and oxygen atoms in total. The molecule has 1 aromatic rings. The average molecular weight is 186 g/mol. The minimum Gasteiger partial charge on any atom is -0.394 e. The van der Waals surface area contributed by atoms with E-state index in [9.17, 15) is 0 Å². The van der Waals surface area contributed by atoms with Gasteiger partial charge >= 0.3 is 0 Å². The maximum absolute atomic E-state index is 8.96. The van der Waals surface area contributed by atoms with Crippen LogP contribution in [-0.2, 0) is 0 Å². The van der Waals surface area contributed by atoms with Crippen LogP contribution in [0.15, 0.2) is 24.3 Å². The zero-order chi connectivity index (χ0) is 8.97. The molecule has 0 saturated carbocycles. The van der Waals surface area contributed by atoms with Gasteiger partial charge in [-0.3, -0.25) is 0 Å². The summed E-state index contributed by atoms with van der Waals surface area (Å²) in [5, 5.41) is 12.6. The lowest BCUT2D eigenvalue weighted by Crippen LogP contribution is -2.19. The second kappa shape index (κ2) is 4.45. The van der Waals surface area contributed by atoms with Crippen LogP contribution in [0.1, 0.15) is 11.6 Å². The monoisotopic (exact) mass is 185 g/mol. The van der Waals surface area contributed by atoms with E-state index in [2.05, 4.69) is 5.32 Å². The van der Waals surface area contributed by atoms with Gasteiger partial charge in [-0.15, -0.1) is 0 Å². The molecule has 3 heteroatoms. The Labute approximate surface area is 77.2 Å². The Kier molecular flexibility index (Phi) is 3.53. The summed E-state index contributed by atoms with van der Waals surface area (Å²) in [6, 6.07) is 7.44. The zero-order valence-electron chi connectivity index (χ0n) is 6.92. The van der Waals surface area contributed by atoms with Crippen molar-refractivity contribution in [1.82, 2.24) is 5.32 Å². The van der Waals surface area contributed by atoms with Crippen molar-refractivity contribution in [2.75, 3.05) is 13.7 Å². The molecule has 0 aliphatic carbocycles. The molecule has 66 valence electrons. The van der Waals surface area contributed by atoms with Gasteiger partial charge in [-0.2, -0.15) is 0 Å². The highest BCUT2D eigenvalue weighted by molar-refractivity contribution is 6.30. The quantitative estimate of drug-likeness (QED) is 0.750. The van der Waals surface area contributed by atoms with Crippen LogP contribution in [0.25, 0.3) is 0 Å². The van der Waals surface area contributed by atoms with Crippen LogP contribution >= 0.6 is 11.6 Å². The number of hydrogen-bond donors (Lipinski definition) is 2. The third-order valence-electron chi connectivity index (χ3n) is 1.78. The first kappa shape index (κ1) is 9.52. The minimum absolute atomic E-state index is 0.0244. The molecule has 0 aliphatic heterocycles. The highest BCUT2D eigenvalue weighted by atomic mass is 35.5. The first-order valence-corrected chi connectivity index (χ1v) is 4.19. The lowest BCUT2D eigenvalue weighted by Gasteiger charge is -2.13. The summed E-state index contributed by atoms with van der Waals surface area (Å²) in [6.07, 6.45) is 0. The first-order chi connectivity index (χ1) is 5.77. The van der Waals surface area contributed by atoms with E-state index in [1.807, 2.05) is 31.3 Å². The zero-order valence-corrected chi connectivity index (χ0v) is 7.67. The molecule has 1 rings (SSSR count). The molecule has 0 bridgehead atoms. The predicted molar refractivity (Wildman–Crippen MR) is 50.3 cm³/mol. The largest absolute Gasteiger partial charge is 0.394 e. The van der Waals surface area contributed by atoms with Crippen LogP contribution < -0.4 is 5.32 Å².